The van der Waals surface area contributed by atoms with Gasteiger partial charge in [-0.15, -0.1) is 5.10 Å². The van der Waals surface area contributed by atoms with Crippen LogP contribution in [0.15, 0.2) is 42.9 Å². The molecule has 3 aromatic heterocycles. The summed E-state index contributed by atoms with van der Waals surface area (Å²) in [5, 5.41) is 22.5. The minimum absolute atomic E-state index is 0.0000808. The molecule has 13 heteroatoms. The number of rotatable bonds is 8. The Kier molecular flexibility index (Phi) is 6.80. The van der Waals surface area contributed by atoms with E-state index in [4.69, 9.17) is 4.74 Å². The molecule has 6 rings (SSSR count). The summed E-state index contributed by atoms with van der Waals surface area (Å²) in [6.45, 7) is 1.25. The summed E-state index contributed by atoms with van der Waals surface area (Å²) in [5.41, 5.74) is 3.52. The Morgan fingerprint density at radius 3 is 2.85 bits per heavy atom. The largest absolute Gasteiger partial charge is 0.478 e. The Labute approximate surface area is 230 Å². The highest BCUT2D eigenvalue weighted by atomic mass is 19.3. The van der Waals surface area contributed by atoms with E-state index in [0.29, 0.717) is 28.9 Å². The smallest absolute Gasteiger partial charge is 0.262 e. The number of aliphatic hydroxyl groups excluding tert-OH is 1. The van der Waals surface area contributed by atoms with E-state index in [0.717, 1.165) is 36.0 Å². The van der Waals surface area contributed by atoms with Crippen LogP contribution in [0.25, 0.3) is 22.2 Å². The van der Waals surface area contributed by atoms with Gasteiger partial charge in [-0.2, -0.15) is 0 Å². The van der Waals surface area contributed by atoms with Crippen LogP contribution < -0.4 is 15.4 Å². The normalized spacial score (nSPS) is 22.1. The van der Waals surface area contributed by atoms with Crippen molar-refractivity contribution in [1.29, 1.82) is 0 Å². The summed E-state index contributed by atoms with van der Waals surface area (Å²) in [6.07, 6.45) is 4.54. The lowest BCUT2D eigenvalue weighted by molar-refractivity contribution is 0.00810. The molecule has 0 radical (unpaired) electrons. The number of hydrogen-bond donors (Lipinski definition) is 4. The molecule has 2 aliphatic rings. The van der Waals surface area contributed by atoms with Crippen molar-refractivity contribution >= 4 is 28.2 Å². The lowest BCUT2D eigenvalue weighted by Gasteiger charge is -2.33. The minimum Gasteiger partial charge on any atom is -0.478 e. The molecule has 2 fully saturated rings. The van der Waals surface area contributed by atoms with Gasteiger partial charge in [-0.3, -0.25) is 9.58 Å². The molecule has 3 atom stereocenters. The topological polar surface area (TPSA) is 119 Å². The molecule has 0 spiro atoms. The van der Waals surface area contributed by atoms with Gasteiger partial charge >= 0.3 is 0 Å². The fourth-order valence-corrected chi connectivity index (χ4v) is 5.88. The third-order valence-electron chi connectivity index (χ3n) is 7.73. The van der Waals surface area contributed by atoms with Crippen LogP contribution in [0.2, 0.25) is 0 Å². The summed E-state index contributed by atoms with van der Waals surface area (Å²) in [7, 11) is 5.33. The molecule has 1 unspecified atom stereocenters. The first-order valence-corrected chi connectivity index (χ1v) is 13.3. The first-order valence-electron chi connectivity index (χ1n) is 13.3. The van der Waals surface area contributed by atoms with Gasteiger partial charge in [0.25, 0.3) is 11.8 Å². The van der Waals surface area contributed by atoms with Gasteiger partial charge in [0.15, 0.2) is 0 Å². The summed E-state index contributed by atoms with van der Waals surface area (Å²) < 4.78 is 36.0. The van der Waals surface area contributed by atoms with E-state index < -0.39 is 18.2 Å². The van der Waals surface area contributed by atoms with Crippen molar-refractivity contribution in [2.75, 3.05) is 44.4 Å². The molecular formula is C27H33F2N9O2. The maximum atomic E-state index is 14.5. The number of nitrogens with zero attached hydrogens (tertiary/aromatic N) is 6. The fourth-order valence-electron chi connectivity index (χ4n) is 5.88. The first-order chi connectivity index (χ1) is 19.2. The fraction of sp³-hybridized carbons (Fsp3) is 0.444. The summed E-state index contributed by atoms with van der Waals surface area (Å²) in [4.78, 5) is 16.2. The van der Waals surface area contributed by atoms with Gasteiger partial charge in [-0.25, -0.2) is 18.7 Å². The van der Waals surface area contributed by atoms with E-state index in [1.54, 1.807) is 42.2 Å². The number of fused-ring (bicyclic) bond motifs is 1. The van der Waals surface area contributed by atoms with Gasteiger partial charge < -0.3 is 30.4 Å². The van der Waals surface area contributed by atoms with E-state index >= 15 is 0 Å². The number of nitrogens with one attached hydrogen (secondary N) is 3. The molecule has 11 nitrogen and oxygen atoms in total. The maximum Gasteiger partial charge on any atom is 0.262 e. The van der Waals surface area contributed by atoms with Gasteiger partial charge in [-0.05, 0) is 32.1 Å². The second kappa shape index (κ2) is 10.3. The van der Waals surface area contributed by atoms with Gasteiger partial charge in [0.05, 0.1) is 42.8 Å². The second-order valence-corrected chi connectivity index (χ2v) is 10.6. The molecule has 2 saturated heterocycles. The molecule has 0 bridgehead atoms. The standard InChI is InChI=1S/C27H33F2N9O2/c1-36-10-8-16(13-36)38-15-27(28,29)11-22(38)24(39)32-20-6-4-5-17-18(12-31-23(17)20)19-7-9-30-26(33-19)34-21-14-37(2)35-25(21)40-3/h4-7,9,12,14,16,22,24,31-32,39H,8,10-11,13,15H2,1-3H3,(H,30,33,34)/t16-,22-,24?/m1/s1. The average Bonchev–Trinajstić information content (AvgIpc) is 3.69. The van der Waals surface area contributed by atoms with Gasteiger partial charge in [0.2, 0.25) is 5.95 Å². The molecule has 212 valence electrons. The Morgan fingerprint density at radius 1 is 1.23 bits per heavy atom. The molecular weight excluding hydrogens is 520 g/mol. The number of aromatic nitrogens is 5. The highest BCUT2D eigenvalue weighted by molar-refractivity contribution is 6.01. The van der Waals surface area contributed by atoms with Crippen molar-refractivity contribution in [1.82, 2.24) is 34.5 Å². The predicted octanol–water partition coefficient (Wildman–Crippen LogP) is 3.25. The van der Waals surface area contributed by atoms with Gasteiger partial charge in [0, 0.05) is 49.4 Å². The SMILES string of the molecule is COc1nn(C)cc1Nc1nccc(-c2c[nH]c3c(NC(O)[C@H]4CC(F)(F)CN4[C@@H]4CCN(C)C4)cccc23)n1. The van der Waals surface area contributed by atoms with E-state index in [1.807, 2.05) is 31.4 Å². The first kappa shape index (κ1) is 26.4. The van der Waals surface area contributed by atoms with Crippen molar-refractivity contribution in [3.8, 4) is 17.1 Å². The zero-order valence-electron chi connectivity index (χ0n) is 22.6. The monoisotopic (exact) mass is 553 g/mol. The van der Waals surface area contributed by atoms with Crippen LogP contribution in [0.5, 0.6) is 5.88 Å². The molecule has 40 heavy (non-hydrogen) atoms. The summed E-state index contributed by atoms with van der Waals surface area (Å²) >= 11 is 0. The van der Waals surface area contributed by atoms with E-state index in [9.17, 15) is 13.9 Å². The number of aromatic amines is 1. The molecule has 4 aromatic rings. The van der Waals surface area contributed by atoms with Crippen LogP contribution in [0.1, 0.15) is 12.8 Å². The average molecular weight is 554 g/mol. The third-order valence-corrected chi connectivity index (χ3v) is 7.73. The van der Waals surface area contributed by atoms with Gasteiger partial charge in [-0.1, -0.05) is 12.1 Å². The van der Waals surface area contributed by atoms with E-state index in [2.05, 4.69) is 35.6 Å². The number of benzene rings is 1. The van der Waals surface area contributed by atoms with Crippen molar-refractivity contribution in [3.63, 3.8) is 0 Å². The number of halogens is 2. The predicted molar refractivity (Wildman–Crippen MR) is 148 cm³/mol. The Bertz CT molecular complexity index is 1510. The number of hydrogen-bond acceptors (Lipinski definition) is 9. The maximum absolute atomic E-state index is 14.5. The number of alkyl halides is 2. The van der Waals surface area contributed by atoms with Gasteiger partial charge in [0.1, 0.15) is 11.9 Å². The second-order valence-electron chi connectivity index (χ2n) is 10.6. The van der Waals surface area contributed by atoms with Crippen LogP contribution in [0, 0.1) is 0 Å². The number of anilines is 3. The zero-order valence-corrected chi connectivity index (χ0v) is 22.6. The molecule has 0 saturated carbocycles. The van der Waals surface area contributed by atoms with Crippen LogP contribution in [0.3, 0.4) is 0 Å². The quantitative estimate of drug-likeness (QED) is 0.244. The lowest BCUT2D eigenvalue weighted by Crippen LogP contribution is -2.48. The van der Waals surface area contributed by atoms with Crippen LogP contribution in [-0.4, -0.2) is 97.7 Å². The number of H-pyrrole nitrogens is 1. The zero-order chi connectivity index (χ0) is 28.0. The number of aryl methyl sites for hydroxylation is 1. The van der Waals surface area contributed by atoms with Crippen LogP contribution in [0.4, 0.5) is 26.1 Å². The number of ether oxygens (including phenoxy) is 1. The number of likely N-dealkylation sites (tertiary alicyclic amines) is 2. The van der Waals surface area contributed by atoms with Crippen LogP contribution in [-0.2, 0) is 7.05 Å². The number of aliphatic hydroxyl groups is 1. The lowest BCUT2D eigenvalue weighted by atomic mass is 10.1. The van der Waals surface area contributed by atoms with Crippen molar-refractivity contribution in [2.24, 2.45) is 7.05 Å². The highest BCUT2D eigenvalue weighted by Crippen LogP contribution is 2.38. The molecule has 0 aliphatic carbocycles. The number of methoxy groups -OCH3 is 1. The molecule has 0 amide bonds. The highest BCUT2D eigenvalue weighted by Gasteiger charge is 2.50. The van der Waals surface area contributed by atoms with Crippen molar-refractivity contribution in [2.45, 2.75) is 37.1 Å². The minimum atomic E-state index is -2.83. The molecule has 2 aliphatic heterocycles. The van der Waals surface area contributed by atoms with Crippen molar-refractivity contribution in [3.05, 3.63) is 42.9 Å². The molecule has 5 heterocycles. The Hall–Kier alpha value is -3.81. The summed E-state index contributed by atoms with van der Waals surface area (Å²) in [6, 6.07) is 6.75. The van der Waals surface area contributed by atoms with Crippen molar-refractivity contribution < 1.29 is 18.6 Å². The van der Waals surface area contributed by atoms with E-state index in [1.165, 1.54) is 0 Å². The number of likely N-dealkylation sites (N-methyl/N-ethyl adjacent to an activating group) is 1. The third kappa shape index (κ3) is 5.07. The van der Waals surface area contributed by atoms with Crippen LogP contribution >= 0.6 is 0 Å². The Balaban J connectivity index is 1.24. The Morgan fingerprint density at radius 2 is 2.08 bits per heavy atom. The summed E-state index contributed by atoms with van der Waals surface area (Å²) in [5.74, 6) is -2.03. The van der Waals surface area contributed by atoms with E-state index in [-0.39, 0.29) is 19.0 Å². The molecule has 1 aromatic carbocycles. The number of para-hydroxylation sites is 1. The molecule has 4 N–H and O–H groups in total.